The Balaban J connectivity index is 0. The van der Waals surface area contributed by atoms with Crippen molar-refractivity contribution in [3.05, 3.63) is 62.9 Å². The zero-order valence-corrected chi connectivity index (χ0v) is 11.9. The predicted octanol–water partition coefficient (Wildman–Crippen LogP) is 3.85. The molecule has 0 heterocycles. The van der Waals surface area contributed by atoms with Crippen LogP contribution in [0.1, 0.15) is 5.56 Å². The van der Waals surface area contributed by atoms with Crippen molar-refractivity contribution in [2.45, 2.75) is 6.92 Å². The van der Waals surface area contributed by atoms with E-state index in [4.69, 9.17) is 0 Å². The van der Waals surface area contributed by atoms with Crippen molar-refractivity contribution < 1.29 is 32.7 Å². The maximum absolute atomic E-state index is 3.17. The summed E-state index contributed by atoms with van der Waals surface area (Å²) in [6.07, 6.45) is 0. The van der Waals surface area contributed by atoms with E-state index in [1.165, 1.54) is 16.3 Å². The van der Waals surface area contributed by atoms with Crippen LogP contribution in [0.4, 0.5) is 0 Å². The Kier molecular flexibility index (Phi) is 8.29. The summed E-state index contributed by atoms with van der Waals surface area (Å²) in [5.41, 5.74) is 1.23. The minimum Gasteiger partial charge on any atom is -0.358 e. The van der Waals surface area contributed by atoms with Gasteiger partial charge in [-0.05, 0) is 0 Å². The first-order valence-corrected chi connectivity index (χ1v) is 3.74. The van der Waals surface area contributed by atoms with Crippen LogP contribution in [0.15, 0.2) is 36.4 Å². The molecule has 70 valence electrons. The predicted molar refractivity (Wildman–Crippen MR) is 60.3 cm³/mol. The van der Waals surface area contributed by atoms with Crippen molar-refractivity contribution in [1.29, 1.82) is 0 Å². The maximum Gasteiger partial charge on any atom is 3.00 e. The molecule has 0 unspecified atom stereocenters. The van der Waals surface area contributed by atoms with Crippen molar-refractivity contribution in [1.82, 2.24) is 0 Å². The largest absolute Gasteiger partial charge is 3.00 e. The van der Waals surface area contributed by atoms with Crippen molar-refractivity contribution in [2.75, 3.05) is 0 Å². The molecule has 0 saturated heterocycles. The molecule has 14 heavy (non-hydrogen) atoms. The number of aryl methyl sites for hydroxylation is 1. The van der Waals surface area contributed by atoms with Crippen LogP contribution in [0.3, 0.4) is 0 Å². The van der Waals surface area contributed by atoms with Gasteiger partial charge in [0, 0.05) is 0 Å². The van der Waals surface area contributed by atoms with Gasteiger partial charge in [-0.15, -0.1) is 16.8 Å². The molecule has 0 fully saturated rings. The van der Waals surface area contributed by atoms with Crippen LogP contribution in [-0.2, 0) is 32.7 Å². The molecule has 1 heteroatoms. The van der Waals surface area contributed by atoms with Crippen LogP contribution < -0.4 is 0 Å². The first-order valence-electron chi connectivity index (χ1n) is 3.74. The second-order valence-corrected chi connectivity index (χ2v) is 2.69. The summed E-state index contributed by atoms with van der Waals surface area (Å²) < 4.78 is 0. The molecule has 0 aliphatic heterocycles. The Labute approximate surface area is 113 Å². The second-order valence-electron chi connectivity index (χ2n) is 2.69. The zero-order chi connectivity index (χ0) is 7.68. The Hall–Kier alpha value is -0.196. The SMILES string of the molecule is Cc1[c-]ccc2ccccc12.[CH3-].[CH3-].[Y+3]. The van der Waals surface area contributed by atoms with Crippen LogP contribution >= 0.6 is 0 Å². The standard InChI is InChI=1S/C11H9.2CH3.Y/c1-9-5-4-7-10-6-2-3-8-11(9)10;;;/h2-4,6-8H,1H3;2*1H3;/q3*-1;+3. The van der Waals surface area contributed by atoms with Crippen molar-refractivity contribution in [3.8, 4) is 0 Å². The molecule has 0 nitrogen and oxygen atoms in total. The van der Waals surface area contributed by atoms with Gasteiger partial charge in [0.2, 0.25) is 0 Å². The number of hydrogen-bond donors (Lipinski definition) is 0. The van der Waals surface area contributed by atoms with Gasteiger partial charge in [-0.25, -0.2) is 0 Å². The molecule has 0 aliphatic carbocycles. The third-order valence-electron chi connectivity index (χ3n) is 1.93. The Morgan fingerprint density at radius 2 is 1.64 bits per heavy atom. The monoisotopic (exact) mass is 260 g/mol. The smallest absolute Gasteiger partial charge is 0.358 e. The maximum atomic E-state index is 3.17. The summed E-state index contributed by atoms with van der Waals surface area (Å²) in [7, 11) is 0. The van der Waals surface area contributed by atoms with E-state index >= 15 is 0 Å². The fourth-order valence-electron chi connectivity index (χ4n) is 1.32. The number of benzene rings is 2. The summed E-state index contributed by atoms with van der Waals surface area (Å²) >= 11 is 0. The van der Waals surface area contributed by atoms with E-state index in [-0.39, 0.29) is 47.6 Å². The van der Waals surface area contributed by atoms with E-state index in [0.717, 1.165) is 0 Å². The molecular formula is C13H15Y. The van der Waals surface area contributed by atoms with Crippen LogP contribution in [-0.4, -0.2) is 0 Å². The van der Waals surface area contributed by atoms with Gasteiger partial charge in [-0.3, -0.25) is 0 Å². The van der Waals surface area contributed by atoms with E-state index in [1.54, 1.807) is 0 Å². The van der Waals surface area contributed by atoms with Gasteiger partial charge in [0.05, 0.1) is 0 Å². The van der Waals surface area contributed by atoms with E-state index in [9.17, 15) is 0 Å². The number of fused-ring (bicyclic) bond motifs is 1. The molecule has 0 spiro atoms. The third kappa shape index (κ3) is 3.18. The molecule has 2 aromatic carbocycles. The molecule has 0 bridgehead atoms. The van der Waals surface area contributed by atoms with E-state index in [0.29, 0.717) is 0 Å². The molecule has 0 N–H and O–H groups in total. The van der Waals surface area contributed by atoms with Gasteiger partial charge >= 0.3 is 32.7 Å². The van der Waals surface area contributed by atoms with E-state index < -0.39 is 0 Å². The second kappa shape index (κ2) is 7.14. The van der Waals surface area contributed by atoms with Crippen molar-refractivity contribution >= 4 is 10.8 Å². The van der Waals surface area contributed by atoms with Crippen LogP contribution in [0.2, 0.25) is 0 Å². The topological polar surface area (TPSA) is 0 Å². The first-order chi connectivity index (χ1) is 5.38. The summed E-state index contributed by atoms with van der Waals surface area (Å²) in [6, 6.07) is 15.6. The molecule has 0 atom stereocenters. The van der Waals surface area contributed by atoms with Gasteiger partial charge in [0.1, 0.15) is 0 Å². The van der Waals surface area contributed by atoms with Gasteiger partial charge in [0.25, 0.3) is 0 Å². The molecule has 0 aromatic heterocycles. The van der Waals surface area contributed by atoms with E-state index in [2.05, 4.69) is 43.3 Å². The minimum atomic E-state index is 0. The molecule has 2 rings (SSSR count). The molecule has 0 amide bonds. The Morgan fingerprint density at radius 3 is 2.29 bits per heavy atom. The normalized spacial score (nSPS) is 8.07. The molecular weight excluding hydrogens is 245 g/mol. The first kappa shape index (κ1) is 16.2. The zero-order valence-electron chi connectivity index (χ0n) is 9.04. The van der Waals surface area contributed by atoms with Crippen molar-refractivity contribution in [2.24, 2.45) is 0 Å². The Bertz CT molecular complexity index is 374. The average molecular weight is 260 g/mol. The number of rotatable bonds is 0. The minimum absolute atomic E-state index is 0. The summed E-state index contributed by atoms with van der Waals surface area (Å²) in [6.45, 7) is 2.09. The van der Waals surface area contributed by atoms with Gasteiger partial charge < -0.3 is 14.9 Å². The summed E-state index contributed by atoms with van der Waals surface area (Å²) in [5, 5.41) is 2.60. The molecule has 0 aliphatic rings. The van der Waals surface area contributed by atoms with Crippen LogP contribution in [0.25, 0.3) is 10.8 Å². The number of hydrogen-bond acceptors (Lipinski definition) is 0. The summed E-state index contributed by atoms with van der Waals surface area (Å²) in [4.78, 5) is 0. The molecule has 0 radical (unpaired) electrons. The third-order valence-corrected chi connectivity index (χ3v) is 1.93. The van der Waals surface area contributed by atoms with Crippen LogP contribution in [0.5, 0.6) is 0 Å². The fourth-order valence-corrected chi connectivity index (χ4v) is 1.32. The van der Waals surface area contributed by atoms with Gasteiger partial charge in [-0.2, -0.15) is 23.8 Å². The summed E-state index contributed by atoms with van der Waals surface area (Å²) in [5.74, 6) is 0. The fraction of sp³-hybridized carbons (Fsp3) is 0.0769. The van der Waals surface area contributed by atoms with Crippen LogP contribution in [0, 0.1) is 27.8 Å². The molecule has 0 saturated carbocycles. The average Bonchev–Trinajstić information content (AvgIpc) is 2.06. The quantitative estimate of drug-likeness (QED) is 0.631. The van der Waals surface area contributed by atoms with Gasteiger partial charge in [0.15, 0.2) is 0 Å². The van der Waals surface area contributed by atoms with Gasteiger partial charge in [-0.1, -0.05) is 25.1 Å². The molecule has 2 aromatic rings. The Morgan fingerprint density at radius 1 is 1.00 bits per heavy atom. The van der Waals surface area contributed by atoms with Crippen molar-refractivity contribution in [3.63, 3.8) is 0 Å². The van der Waals surface area contributed by atoms with E-state index in [1.807, 2.05) is 6.07 Å².